The number of fused-ring (bicyclic) bond motifs is 1. The minimum atomic E-state index is -0.132. The third-order valence-electron chi connectivity index (χ3n) is 4.47. The number of halogens is 1. The number of nitrogens with zero attached hydrogens (tertiary/aromatic N) is 1. The first-order chi connectivity index (χ1) is 12.8. The molecular weight excluding hydrogens is 400 g/mol. The molecule has 3 nitrogen and oxygen atoms in total. The van der Waals surface area contributed by atoms with Crippen LogP contribution in [-0.4, -0.2) is 17.4 Å². The molecule has 0 atom stereocenters. The Hall–Kier alpha value is -2.46. The summed E-state index contributed by atoms with van der Waals surface area (Å²) in [6.45, 7) is 10.7. The van der Waals surface area contributed by atoms with Crippen molar-refractivity contribution in [2.75, 3.05) is 6.54 Å². The highest BCUT2D eigenvalue weighted by Crippen LogP contribution is 2.29. The molecule has 0 bridgehead atoms. The molecule has 138 valence electrons. The van der Waals surface area contributed by atoms with E-state index in [2.05, 4.69) is 72.9 Å². The standard InChI is InChI=1S/C23H23BrN2O/c1-5-12-25-22(27)19-14-21(26-20-11-10-17(24)13-18(19)20)15-6-8-16(9-7-15)23(2,3)4/h5-11,13-14H,1,12H2,2-4H3,(H,25,27). The molecule has 0 saturated carbocycles. The van der Waals surface area contributed by atoms with Crippen molar-refractivity contribution >= 4 is 32.7 Å². The normalized spacial score (nSPS) is 11.4. The van der Waals surface area contributed by atoms with Crippen LogP contribution in [0.1, 0.15) is 36.7 Å². The van der Waals surface area contributed by atoms with Crippen LogP contribution in [-0.2, 0) is 5.41 Å². The number of pyridine rings is 1. The number of carbonyl (C=O) groups is 1. The monoisotopic (exact) mass is 422 g/mol. The molecule has 1 aromatic heterocycles. The van der Waals surface area contributed by atoms with Gasteiger partial charge in [-0.2, -0.15) is 0 Å². The van der Waals surface area contributed by atoms with E-state index < -0.39 is 0 Å². The Kier molecular flexibility index (Phi) is 5.47. The van der Waals surface area contributed by atoms with Gasteiger partial charge in [0.1, 0.15) is 0 Å². The molecule has 0 aliphatic heterocycles. The van der Waals surface area contributed by atoms with Gasteiger partial charge in [0.05, 0.1) is 16.8 Å². The fraction of sp³-hybridized carbons (Fsp3) is 0.217. The summed E-state index contributed by atoms with van der Waals surface area (Å²) in [5, 5.41) is 3.69. The van der Waals surface area contributed by atoms with E-state index in [1.165, 1.54) is 5.56 Å². The van der Waals surface area contributed by atoms with Gasteiger partial charge in [-0.15, -0.1) is 6.58 Å². The van der Waals surface area contributed by atoms with E-state index in [0.717, 1.165) is 26.6 Å². The van der Waals surface area contributed by atoms with Crippen molar-refractivity contribution < 1.29 is 4.79 Å². The summed E-state index contributed by atoms with van der Waals surface area (Å²) in [4.78, 5) is 17.5. The second kappa shape index (κ2) is 7.65. The zero-order valence-electron chi connectivity index (χ0n) is 15.8. The summed E-state index contributed by atoms with van der Waals surface area (Å²) in [6, 6.07) is 16.0. The molecule has 2 aromatic carbocycles. The van der Waals surface area contributed by atoms with E-state index >= 15 is 0 Å². The van der Waals surface area contributed by atoms with E-state index in [9.17, 15) is 4.79 Å². The summed E-state index contributed by atoms with van der Waals surface area (Å²) in [6.07, 6.45) is 1.67. The maximum Gasteiger partial charge on any atom is 0.252 e. The molecule has 3 aromatic rings. The molecule has 0 fully saturated rings. The number of hydrogen-bond acceptors (Lipinski definition) is 2. The maximum absolute atomic E-state index is 12.7. The molecule has 1 heterocycles. The Bertz CT molecular complexity index is 1000. The molecule has 4 heteroatoms. The zero-order valence-corrected chi connectivity index (χ0v) is 17.4. The summed E-state index contributed by atoms with van der Waals surface area (Å²) < 4.78 is 0.914. The van der Waals surface area contributed by atoms with Crippen LogP contribution in [0.15, 0.2) is 65.7 Å². The molecule has 3 rings (SSSR count). The number of amides is 1. The topological polar surface area (TPSA) is 42.0 Å². The van der Waals surface area contributed by atoms with E-state index in [0.29, 0.717) is 12.1 Å². The van der Waals surface area contributed by atoms with Gasteiger partial charge in [0.15, 0.2) is 0 Å². The molecule has 1 N–H and O–H groups in total. The fourth-order valence-electron chi connectivity index (χ4n) is 2.93. The van der Waals surface area contributed by atoms with Gasteiger partial charge in [0.25, 0.3) is 5.91 Å². The predicted molar refractivity (Wildman–Crippen MR) is 116 cm³/mol. The largest absolute Gasteiger partial charge is 0.349 e. The van der Waals surface area contributed by atoms with Gasteiger partial charge in [0, 0.05) is 22.0 Å². The molecular formula is C23H23BrN2O. The first-order valence-corrected chi connectivity index (χ1v) is 9.69. The van der Waals surface area contributed by atoms with Gasteiger partial charge in [-0.05, 0) is 35.2 Å². The van der Waals surface area contributed by atoms with Gasteiger partial charge < -0.3 is 5.32 Å². The number of carbonyl (C=O) groups excluding carboxylic acids is 1. The van der Waals surface area contributed by atoms with Crippen LogP contribution in [0.3, 0.4) is 0 Å². The van der Waals surface area contributed by atoms with E-state index in [4.69, 9.17) is 4.98 Å². The van der Waals surface area contributed by atoms with Crippen molar-refractivity contribution in [2.45, 2.75) is 26.2 Å². The lowest BCUT2D eigenvalue weighted by atomic mass is 9.86. The van der Waals surface area contributed by atoms with Crippen LogP contribution in [0.4, 0.5) is 0 Å². The van der Waals surface area contributed by atoms with Gasteiger partial charge >= 0.3 is 0 Å². The number of benzene rings is 2. The summed E-state index contributed by atoms with van der Waals surface area (Å²) in [7, 11) is 0. The van der Waals surface area contributed by atoms with E-state index in [1.807, 2.05) is 24.3 Å². The van der Waals surface area contributed by atoms with Crippen LogP contribution in [0.25, 0.3) is 22.2 Å². The molecule has 27 heavy (non-hydrogen) atoms. The van der Waals surface area contributed by atoms with Crippen LogP contribution < -0.4 is 5.32 Å². The van der Waals surface area contributed by atoms with Crippen molar-refractivity contribution in [3.05, 3.63) is 76.8 Å². The lowest BCUT2D eigenvalue weighted by Crippen LogP contribution is -2.23. The van der Waals surface area contributed by atoms with Gasteiger partial charge in [0.2, 0.25) is 0 Å². The molecule has 0 saturated heterocycles. The highest BCUT2D eigenvalue weighted by Gasteiger charge is 2.16. The Morgan fingerprint density at radius 3 is 2.48 bits per heavy atom. The first-order valence-electron chi connectivity index (χ1n) is 8.90. The quantitative estimate of drug-likeness (QED) is 0.533. The van der Waals surface area contributed by atoms with Crippen molar-refractivity contribution in [2.24, 2.45) is 0 Å². The number of aromatic nitrogens is 1. The first kappa shape index (κ1) is 19.3. The van der Waals surface area contributed by atoms with Crippen molar-refractivity contribution in [1.82, 2.24) is 10.3 Å². The average molecular weight is 423 g/mol. The van der Waals surface area contributed by atoms with Crippen molar-refractivity contribution in [1.29, 1.82) is 0 Å². The second-order valence-electron chi connectivity index (χ2n) is 7.54. The molecule has 0 aliphatic carbocycles. The highest BCUT2D eigenvalue weighted by atomic mass is 79.9. The lowest BCUT2D eigenvalue weighted by Gasteiger charge is -2.19. The number of nitrogens with one attached hydrogen (secondary N) is 1. The smallest absolute Gasteiger partial charge is 0.252 e. The fourth-order valence-corrected chi connectivity index (χ4v) is 3.30. The summed E-state index contributed by atoms with van der Waals surface area (Å²) in [5.74, 6) is -0.132. The molecule has 0 unspecified atom stereocenters. The van der Waals surface area contributed by atoms with Crippen molar-refractivity contribution in [3.8, 4) is 11.3 Å². The molecule has 0 aliphatic rings. The molecule has 0 radical (unpaired) electrons. The Morgan fingerprint density at radius 1 is 1.15 bits per heavy atom. The second-order valence-corrected chi connectivity index (χ2v) is 8.46. The minimum absolute atomic E-state index is 0.0946. The maximum atomic E-state index is 12.7. The SMILES string of the molecule is C=CCNC(=O)c1cc(-c2ccc(C(C)(C)C)cc2)nc2ccc(Br)cc12. The Balaban J connectivity index is 2.12. The van der Waals surface area contributed by atoms with E-state index in [1.54, 1.807) is 6.08 Å². The van der Waals surface area contributed by atoms with Crippen LogP contribution in [0.2, 0.25) is 0 Å². The third-order valence-corrected chi connectivity index (χ3v) is 4.96. The zero-order chi connectivity index (χ0) is 19.6. The molecule has 0 spiro atoms. The number of hydrogen-bond donors (Lipinski definition) is 1. The van der Waals surface area contributed by atoms with Gasteiger partial charge in [-0.3, -0.25) is 4.79 Å². The predicted octanol–water partition coefficient (Wildman–Crippen LogP) is 5.88. The molecule has 1 amide bonds. The van der Waals surface area contributed by atoms with Gasteiger partial charge in [-0.1, -0.05) is 67.0 Å². The lowest BCUT2D eigenvalue weighted by molar-refractivity contribution is 0.0959. The number of rotatable bonds is 4. The van der Waals surface area contributed by atoms with Crippen LogP contribution >= 0.6 is 15.9 Å². The Morgan fingerprint density at radius 2 is 1.85 bits per heavy atom. The average Bonchev–Trinajstić information content (AvgIpc) is 2.64. The van der Waals surface area contributed by atoms with Crippen LogP contribution in [0.5, 0.6) is 0 Å². The summed E-state index contributed by atoms with van der Waals surface area (Å²) >= 11 is 3.48. The van der Waals surface area contributed by atoms with E-state index in [-0.39, 0.29) is 11.3 Å². The minimum Gasteiger partial charge on any atom is -0.349 e. The van der Waals surface area contributed by atoms with Gasteiger partial charge in [-0.25, -0.2) is 4.98 Å². The Labute approximate surface area is 168 Å². The third kappa shape index (κ3) is 4.28. The highest BCUT2D eigenvalue weighted by molar-refractivity contribution is 9.10. The summed E-state index contributed by atoms with van der Waals surface area (Å²) in [5.41, 5.74) is 4.54. The van der Waals surface area contributed by atoms with Crippen molar-refractivity contribution in [3.63, 3.8) is 0 Å². The van der Waals surface area contributed by atoms with Crippen LogP contribution in [0, 0.1) is 0 Å².